The molecule has 10 heteroatoms. The maximum atomic E-state index is 11.3. The molecule has 0 fully saturated rings. The number of fused-ring (bicyclic) bond motifs is 1. The van der Waals surface area contributed by atoms with Gasteiger partial charge in [-0.1, -0.05) is 17.8 Å². The molecule has 0 radical (unpaired) electrons. The summed E-state index contributed by atoms with van der Waals surface area (Å²) >= 11 is 1.50. The van der Waals surface area contributed by atoms with Crippen LogP contribution >= 0.6 is 11.8 Å². The van der Waals surface area contributed by atoms with Gasteiger partial charge in [0.25, 0.3) is 0 Å². The van der Waals surface area contributed by atoms with Gasteiger partial charge in [0.2, 0.25) is 5.91 Å². The van der Waals surface area contributed by atoms with Crippen LogP contribution in [0.3, 0.4) is 0 Å². The Labute approximate surface area is 164 Å². The van der Waals surface area contributed by atoms with Crippen LogP contribution in [-0.2, 0) is 11.3 Å². The number of rotatable bonds is 5. The normalized spacial score (nSPS) is 11.1. The van der Waals surface area contributed by atoms with Crippen LogP contribution in [0.15, 0.2) is 51.1 Å². The van der Waals surface area contributed by atoms with Gasteiger partial charge < -0.3 is 15.6 Å². The number of imidazole rings is 1. The van der Waals surface area contributed by atoms with E-state index in [1.165, 1.54) is 18.7 Å². The number of nitrogens with two attached hydrogens (primary N) is 1. The van der Waals surface area contributed by atoms with Crippen molar-refractivity contribution in [1.82, 2.24) is 24.8 Å². The van der Waals surface area contributed by atoms with Crippen LogP contribution in [0, 0.1) is 0 Å². The number of nitrogen functional groups attached to an aromatic ring is 1. The number of hydrogen-bond donors (Lipinski definition) is 2. The molecule has 4 rings (SSSR count). The van der Waals surface area contributed by atoms with Gasteiger partial charge in [-0.3, -0.25) is 4.79 Å². The number of benzene rings is 1. The van der Waals surface area contributed by atoms with E-state index in [4.69, 9.17) is 10.4 Å². The Morgan fingerprint density at radius 3 is 2.89 bits per heavy atom. The fraction of sp³-hybridized carbons (Fsp3) is 0.167. The van der Waals surface area contributed by atoms with Crippen molar-refractivity contribution < 1.29 is 9.42 Å². The Morgan fingerprint density at radius 2 is 2.18 bits per heavy atom. The fourth-order valence-corrected chi connectivity index (χ4v) is 3.73. The summed E-state index contributed by atoms with van der Waals surface area (Å²) in [6.07, 6.45) is 1.72. The van der Waals surface area contributed by atoms with Crippen LogP contribution in [0.25, 0.3) is 22.6 Å². The summed E-state index contributed by atoms with van der Waals surface area (Å²) in [5.74, 6) is 0.679. The van der Waals surface area contributed by atoms with Crippen LogP contribution in [-0.4, -0.2) is 30.8 Å². The predicted octanol–water partition coefficient (Wildman–Crippen LogP) is 3.19. The van der Waals surface area contributed by atoms with Crippen LogP contribution in [0.4, 0.5) is 11.5 Å². The summed E-state index contributed by atoms with van der Waals surface area (Å²) in [6.45, 7) is 4.17. The second kappa shape index (κ2) is 7.31. The van der Waals surface area contributed by atoms with Crippen molar-refractivity contribution in [3.63, 3.8) is 0 Å². The lowest BCUT2D eigenvalue weighted by molar-refractivity contribution is -0.114. The van der Waals surface area contributed by atoms with E-state index in [-0.39, 0.29) is 11.7 Å². The lowest BCUT2D eigenvalue weighted by Crippen LogP contribution is -2.05. The van der Waals surface area contributed by atoms with Crippen molar-refractivity contribution >= 4 is 40.2 Å². The Balaban J connectivity index is 1.70. The summed E-state index contributed by atoms with van der Waals surface area (Å²) in [4.78, 5) is 21.3. The third-order valence-corrected chi connectivity index (χ3v) is 4.95. The molecule has 0 bridgehead atoms. The first kappa shape index (κ1) is 18.0. The molecule has 0 unspecified atom stereocenters. The Kier molecular flexibility index (Phi) is 4.70. The number of carbonyl (C=O) groups is 1. The van der Waals surface area contributed by atoms with Crippen molar-refractivity contribution in [2.45, 2.75) is 30.3 Å². The maximum absolute atomic E-state index is 11.3. The van der Waals surface area contributed by atoms with E-state index in [9.17, 15) is 4.79 Å². The molecule has 1 amide bonds. The number of hydrogen-bond acceptors (Lipinski definition) is 8. The number of amides is 1. The summed E-state index contributed by atoms with van der Waals surface area (Å²) in [5.41, 5.74) is 8.63. The molecule has 0 aliphatic carbocycles. The fourth-order valence-electron chi connectivity index (χ4n) is 2.88. The van der Waals surface area contributed by atoms with Gasteiger partial charge in [-0.2, -0.15) is 0 Å². The minimum absolute atomic E-state index is 0.109. The zero-order chi connectivity index (χ0) is 19.7. The van der Waals surface area contributed by atoms with E-state index >= 15 is 0 Å². The number of nitrogens with zero attached hydrogens (tertiary/aromatic N) is 5. The quantitative estimate of drug-likeness (QED) is 0.528. The number of anilines is 2. The number of nitrogens with one attached hydrogen (secondary N) is 1. The second-order valence-electron chi connectivity index (χ2n) is 6.00. The summed E-state index contributed by atoms with van der Waals surface area (Å²) in [5, 5.41) is 11.1. The van der Waals surface area contributed by atoms with Crippen LogP contribution in [0.2, 0.25) is 0 Å². The molecule has 0 saturated carbocycles. The van der Waals surface area contributed by atoms with Crippen LogP contribution < -0.4 is 11.1 Å². The molecule has 3 aromatic heterocycles. The molecule has 142 valence electrons. The Hall–Kier alpha value is -3.40. The summed E-state index contributed by atoms with van der Waals surface area (Å²) in [7, 11) is 0. The molecule has 0 aliphatic rings. The molecule has 3 N–H and O–H groups in total. The molecule has 1 aromatic carbocycles. The zero-order valence-corrected chi connectivity index (χ0v) is 16.0. The minimum Gasteiger partial charge on any atom is -0.379 e. The Bertz CT molecular complexity index is 1170. The highest BCUT2D eigenvalue weighted by Gasteiger charge is 2.19. The monoisotopic (exact) mass is 395 g/mol. The molecule has 0 aliphatic heterocycles. The lowest BCUT2D eigenvalue weighted by atomic mass is 10.3. The average molecular weight is 395 g/mol. The zero-order valence-electron chi connectivity index (χ0n) is 15.2. The minimum atomic E-state index is -0.109. The SMILES string of the molecule is CCn1c(-c2nonc2N)nc2cnc(Sc3cccc(NC(C)=O)c3)cc21. The first-order valence-electron chi connectivity index (χ1n) is 8.55. The van der Waals surface area contributed by atoms with E-state index in [0.717, 1.165) is 26.6 Å². The molecular formula is C18H17N7O2S. The van der Waals surface area contributed by atoms with Crippen LogP contribution in [0.1, 0.15) is 13.8 Å². The maximum Gasteiger partial charge on any atom is 0.221 e. The first-order chi connectivity index (χ1) is 13.5. The van der Waals surface area contributed by atoms with Crippen LogP contribution in [0.5, 0.6) is 0 Å². The highest BCUT2D eigenvalue weighted by molar-refractivity contribution is 7.99. The molecule has 9 nitrogen and oxygen atoms in total. The summed E-state index contributed by atoms with van der Waals surface area (Å²) in [6, 6.07) is 9.57. The highest BCUT2D eigenvalue weighted by Crippen LogP contribution is 2.32. The van der Waals surface area contributed by atoms with Gasteiger partial charge >= 0.3 is 0 Å². The largest absolute Gasteiger partial charge is 0.379 e. The van der Waals surface area contributed by atoms with Crippen molar-refractivity contribution in [2.24, 2.45) is 0 Å². The average Bonchev–Trinajstić information content (AvgIpc) is 3.23. The molecule has 0 spiro atoms. The van der Waals surface area contributed by atoms with E-state index in [1.54, 1.807) is 6.20 Å². The van der Waals surface area contributed by atoms with Crippen molar-refractivity contribution in [3.05, 3.63) is 36.5 Å². The molecular weight excluding hydrogens is 378 g/mol. The van der Waals surface area contributed by atoms with Gasteiger partial charge in [0, 0.05) is 24.1 Å². The lowest BCUT2D eigenvalue weighted by Gasteiger charge is -2.06. The molecule has 0 saturated heterocycles. The third kappa shape index (κ3) is 3.41. The molecule has 4 aromatic rings. The van der Waals surface area contributed by atoms with Gasteiger partial charge in [0.1, 0.15) is 10.5 Å². The third-order valence-electron chi connectivity index (χ3n) is 4.03. The second-order valence-corrected chi connectivity index (χ2v) is 7.09. The first-order valence-corrected chi connectivity index (χ1v) is 9.37. The van der Waals surface area contributed by atoms with E-state index in [2.05, 4.69) is 25.6 Å². The van der Waals surface area contributed by atoms with Gasteiger partial charge in [0.15, 0.2) is 17.3 Å². The van der Waals surface area contributed by atoms with Gasteiger partial charge in [-0.05, 0) is 41.5 Å². The topological polar surface area (TPSA) is 125 Å². The van der Waals surface area contributed by atoms with Crippen molar-refractivity contribution in [3.8, 4) is 11.5 Å². The standard InChI is InChI=1S/C18H17N7O2S/c1-3-25-14-8-15(28-12-6-4-5-11(7-12)21-10(2)26)20-9-13(14)22-18(25)16-17(19)24-27-23-16/h4-9H,3H2,1-2H3,(H2,19,24)(H,21,26). The highest BCUT2D eigenvalue weighted by atomic mass is 32.2. The van der Waals surface area contributed by atoms with E-state index in [1.807, 2.05) is 41.8 Å². The molecule has 3 heterocycles. The number of aromatic nitrogens is 5. The van der Waals surface area contributed by atoms with Crippen molar-refractivity contribution in [1.29, 1.82) is 0 Å². The smallest absolute Gasteiger partial charge is 0.221 e. The number of carbonyl (C=O) groups excluding carboxylic acids is 1. The number of pyridine rings is 1. The van der Waals surface area contributed by atoms with Gasteiger partial charge in [-0.15, -0.1) is 0 Å². The number of aryl methyl sites for hydroxylation is 1. The molecule has 28 heavy (non-hydrogen) atoms. The molecule has 0 atom stereocenters. The van der Waals surface area contributed by atoms with E-state index in [0.29, 0.717) is 18.1 Å². The predicted molar refractivity (Wildman–Crippen MR) is 106 cm³/mol. The Morgan fingerprint density at radius 1 is 1.32 bits per heavy atom. The van der Waals surface area contributed by atoms with Gasteiger partial charge in [0.05, 0.1) is 11.7 Å². The van der Waals surface area contributed by atoms with E-state index < -0.39 is 0 Å². The van der Waals surface area contributed by atoms with Crippen molar-refractivity contribution in [2.75, 3.05) is 11.1 Å². The van der Waals surface area contributed by atoms with Gasteiger partial charge in [-0.25, -0.2) is 14.6 Å². The summed E-state index contributed by atoms with van der Waals surface area (Å²) < 4.78 is 6.70.